The number of rotatable bonds is 13. The Bertz CT molecular complexity index is 569. The van der Waals surface area contributed by atoms with Crippen LogP contribution in [0.1, 0.15) is 85.0 Å². The van der Waals surface area contributed by atoms with Gasteiger partial charge in [-0.15, -0.1) is 0 Å². The van der Waals surface area contributed by atoms with Gasteiger partial charge in [0, 0.05) is 24.3 Å². The molecule has 0 bridgehead atoms. The molecular weight excluding hydrogens is 400 g/mol. The SMILES string of the molecule is CC(C)(C)CCCCCCCCCCCOCC1C=NC2=NC(Br)=CC2=C1. The summed E-state index contributed by atoms with van der Waals surface area (Å²) < 4.78 is 6.69. The summed E-state index contributed by atoms with van der Waals surface area (Å²) in [6, 6.07) is 0. The fraction of sp³-hybridized carbons (Fsp3) is 0.739. The number of aliphatic imine (C=N–C) groups is 2. The monoisotopic (exact) mass is 436 g/mol. The lowest BCUT2D eigenvalue weighted by Gasteiger charge is -2.17. The number of hydrogen-bond donors (Lipinski definition) is 0. The molecule has 0 aromatic heterocycles. The van der Waals surface area contributed by atoms with Gasteiger partial charge < -0.3 is 4.74 Å². The normalized spacial score (nSPS) is 19.0. The Morgan fingerprint density at radius 3 is 2.26 bits per heavy atom. The van der Waals surface area contributed by atoms with Crippen molar-refractivity contribution >= 4 is 28.0 Å². The lowest BCUT2D eigenvalue weighted by molar-refractivity contribution is 0.123. The molecule has 2 heterocycles. The first-order valence-electron chi connectivity index (χ1n) is 10.7. The number of halogens is 1. The standard InChI is InChI=1S/C23H37BrN2O/c1-23(2,3)13-11-9-7-5-4-6-8-10-12-14-27-18-19-15-20-16-21(24)26-22(20)25-17-19/h15-17,19H,4-14,18H2,1-3H3. The molecule has 0 aromatic carbocycles. The van der Waals surface area contributed by atoms with Crippen LogP contribution < -0.4 is 0 Å². The fourth-order valence-electron chi connectivity index (χ4n) is 3.46. The maximum atomic E-state index is 5.84. The average Bonchev–Trinajstić information content (AvgIpc) is 2.97. The molecule has 0 aliphatic carbocycles. The third-order valence-corrected chi connectivity index (χ3v) is 5.46. The second-order valence-electron chi connectivity index (χ2n) is 9.03. The van der Waals surface area contributed by atoms with E-state index in [2.05, 4.69) is 52.8 Å². The van der Waals surface area contributed by atoms with E-state index in [1.165, 1.54) is 64.2 Å². The number of hydrogen-bond acceptors (Lipinski definition) is 3. The summed E-state index contributed by atoms with van der Waals surface area (Å²) in [6.07, 6.45) is 19.7. The Morgan fingerprint density at radius 1 is 0.963 bits per heavy atom. The van der Waals surface area contributed by atoms with Crippen molar-refractivity contribution < 1.29 is 4.74 Å². The molecule has 1 atom stereocenters. The Balaban J connectivity index is 1.37. The van der Waals surface area contributed by atoms with Crippen molar-refractivity contribution in [3.8, 4) is 0 Å². The molecule has 0 spiro atoms. The van der Waals surface area contributed by atoms with Gasteiger partial charge in [0.1, 0.15) is 4.61 Å². The predicted molar refractivity (Wildman–Crippen MR) is 121 cm³/mol. The molecule has 0 amide bonds. The van der Waals surface area contributed by atoms with E-state index < -0.39 is 0 Å². The van der Waals surface area contributed by atoms with Gasteiger partial charge in [-0.1, -0.05) is 78.2 Å². The van der Waals surface area contributed by atoms with Gasteiger partial charge in [0.15, 0.2) is 5.84 Å². The molecular formula is C23H37BrN2O. The van der Waals surface area contributed by atoms with E-state index in [0.29, 0.717) is 5.41 Å². The van der Waals surface area contributed by atoms with Gasteiger partial charge in [-0.2, -0.15) is 0 Å². The fourth-order valence-corrected chi connectivity index (χ4v) is 3.88. The third kappa shape index (κ3) is 9.84. The van der Waals surface area contributed by atoms with Crippen molar-refractivity contribution in [3.63, 3.8) is 0 Å². The van der Waals surface area contributed by atoms with Crippen LogP contribution in [-0.2, 0) is 4.74 Å². The molecule has 27 heavy (non-hydrogen) atoms. The van der Waals surface area contributed by atoms with Gasteiger partial charge in [0.25, 0.3) is 0 Å². The number of ether oxygens (including phenoxy) is 1. The van der Waals surface area contributed by atoms with Crippen molar-refractivity contribution in [1.29, 1.82) is 0 Å². The highest BCUT2D eigenvalue weighted by molar-refractivity contribution is 9.11. The molecule has 0 saturated heterocycles. The van der Waals surface area contributed by atoms with Crippen LogP contribution in [0.3, 0.4) is 0 Å². The van der Waals surface area contributed by atoms with E-state index in [4.69, 9.17) is 4.74 Å². The van der Waals surface area contributed by atoms with Crippen molar-refractivity contribution in [3.05, 3.63) is 22.3 Å². The first-order chi connectivity index (χ1) is 12.9. The molecule has 4 heteroatoms. The molecule has 2 aliphatic heterocycles. The molecule has 152 valence electrons. The minimum Gasteiger partial charge on any atom is -0.380 e. The zero-order valence-electron chi connectivity index (χ0n) is 17.5. The van der Waals surface area contributed by atoms with Crippen LogP contribution in [0.5, 0.6) is 0 Å². The second-order valence-corrected chi connectivity index (χ2v) is 9.85. The lowest BCUT2D eigenvalue weighted by Crippen LogP contribution is -2.15. The molecule has 0 aromatic rings. The van der Waals surface area contributed by atoms with Crippen LogP contribution in [0.15, 0.2) is 32.3 Å². The number of nitrogens with zero attached hydrogens (tertiary/aromatic N) is 2. The number of unbranched alkanes of at least 4 members (excludes halogenated alkanes) is 8. The van der Waals surface area contributed by atoms with Crippen LogP contribution in [-0.4, -0.2) is 25.3 Å². The summed E-state index contributed by atoms with van der Waals surface area (Å²) >= 11 is 3.40. The largest absolute Gasteiger partial charge is 0.380 e. The quantitative estimate of drug-likeness (QED) is 0.221. The molecule has 3 nitrogen and oxygen atoms in total. The van der Waals surface area contributed by atoms with Crippen molar-refractivity contribution in [2.24, 2.45) is 21.3 Å². The number of dihydropyridines is 1. The maximum Gasteiger partial charge on any atom is 0.159 e. The first-order valence-corrected chi connectivity index (χ1v) is 11.5. The summed E-state index contributed by atoms with van der Waals surface area (Å²) in [6.45, 7) is 8.61. The summed E-state index contributed by atoms with van der Waals surface area (Å²) in [7, 11) is 0. The van der Waals surface area contributed by atoms with E-state index in [1.807, 2.05) is 12.3 Å². The van der Waals surface area contributed by atoms with Crippen LogP contribution >= 0.6 is 15.9 Å². The van der Waals surface area contributed by atoms with E-state index in [1.54, 1.807) is 0 Å². The van der Waals surface area contributed by atoms with Crippen molar-refractivity contribution in [2.45, 2.75) is 85.0 Å². The predicted octanol–water partition coefficient (Wildman–Crippen LogP) is 7.23. The smallest absolute Gasteiger partial charge is 0.159 e. The Labute approximate surface area is 174 Å². The van der Waals surface area contributed by atoms with Gasteiger partial charge >= 0.3 is 0 Å². The highest BCUT2D eigenvalue weighted by Crippen LogP contribution is 2.25. The number of fused-ring (bicyclic) bond motifs is 1. The summed E-state index contributed by atoms with van der Waals surface area (Å²) in [5.41, 5.74) is 1.61. The van der Waals surface area contributed by atoms with Gasteiger partial charge in [0.05, 0.1) is 6.61 Å². The zero-order valence-corrected chi connectivity index (χ0v) is 19.1. The lowest BCUT2D eigenvalue weighted by atomic mass is 9.89. The van der Waals surface area contributed by atoms with Crippen LogP contribution in [0.2, 0.25) is 0 Å². The summed E-state index contributed by atoms with van der Waals surface area (Å²) in [5.74, 6) is 1.08. The Hall–Kier alpha value is -0.740. The highest BCUT2D eigenvalue weighted by atomic mass is 79.9. The summed E-state index contributed by atoms with van der Waals surface area (Å²) in [5, 5.41) is 0. The minimum atomic E-state index is 0.270. The van der Waals surface area contributed by atoms with Gasteiger partial charge in [-0.25, -0.2) is 9.98 Å². The van der Waals surface area contributed by atoms with Crippen molar-refractivity contribution in [1.82, 2.24) is 0 Å². The molecule has 0 fully saturated rings. The second kappa shape index (κ2) is 12.0. The summed E-state index contributed by atoms with van der Waals surface area (Å²) in [4.78, 5) is 8.71. The van der Waals surface area contributed by atoms with Gasteiger partial charge in [0.2, 0.25) is 0 Å². The zero-order chi connectivity index (χ0) is 19.5. The third-order valence-electron chi connectivity index (χ3n) is 5.05. The first kappa shape index (κ1) is 22.5. The minimum absolute atomic E-state index is 0.270. The topological polar surface area (TPSA) is 34.0 Å². The van der Waals surface area contributed by atoms with Gasteiger partial charge in [-0.05, 0) is 40.3 Å². The molecule has 0 radical (unpaired) electrons. The van der Waals surface area contributed by atoms with Crippen LogP contribution in [0.4, 0.5) is 0 Å². The van der Waals surface area contributed by atoms with Crippen LogP contribution in [0, 0.1) is 11.3 Å². The molecule has 2 rings (SSSR count). The maximum absolute atomic E-state index is 5.84. The molecule has 2 aliphatic rings. The van der Waals surface area contributed by atoms with Gasteiger partial charge in [-0.3, -0.25) is 0 Å². The molecule has 0 saturated carbocycles. The van der Waals surface area contributed by atoms with E-state index >= 15 is 0 Å². The van der Waals surface area contributed by atoms with E-state index in [9.17, 15) is 0 Å². The Morgan fingerprint density at radius 2 is 1.59 bits per heavy atom. The van der Waals surface area contributed by atoms with E-state index in [0.717, 1.165) is 29.2 Å². The highest BCUT2D eigenvalue weighted by Gasteiger charge is 2.18. The van der Waals surface area contributed by atoms with Crippen molar-refractivity contribution in [2.75, 3.05) is 13.2 Å². The Kier molecular flexibility index (Phi) is 9.99. The van der Waals surface area contributed by atoms with Crippen LogP contribution in [0.25, 0.3) is 0 Å². The van der Waals surface area contributed by atoms with E-state index in [-0.39, 0.29) is 5.92 Å². The average molecular weight is 437 g/mol. The number of amidine groups is 1. The molecule has 0 N–H and O–H groups in total. The molecule has 1 unspecified atom stereocenters.